The van der Waals surface area contributed by atoms with Gasteiger partial charge in [0.05, 0.1) is 18.0 Å². The van der Waals surface area contributed by atoms with Gasteiger partial charge < -0.3 is 10.1 Å². The van der Waals surface area contributed by atoms with Gasteiger partial charge in [-0.05, 0) is 38.1 Å². The van der Waals surface area contributed by atoms with Crippen LogP contribution in [-0.2, 0) is 14.8 Å². The molecule has 1 amide bonds. The Morgan fingerprint density at radius 3 is 2.37 bits per heavy atom. The van der Waals surface area contributed by atoms with Gasteiger partial charge in [0, 0.05) is 6.54 Å². The van der Waals surface area contributed by atoms with E-state index < -0.39 is 16.1 Å². The van der Waals surface area contributed by atoms with Gasteiger partial charge in [0.1, 0.15) is 5.75 Å². The molecule has 0 saturated carbocycles. The van der Waals surface area contributed by atoms with Crippen LogP contribution >= 0.6 is 0 Å². The number of sulfonamides is 1. The van der Waals surface area contributed by atoms with Crippen molar-refractivity contribution in [3.05, 3.63) is 24.3 Å². The first-order valence-electron chi connectivity index (χ1n) is 5.84. The van der Waals surface area contributed by atoms with E-state index >= 15 is 0 Å². The number of ether oxygens (including phenoxy) is 1. The Morgan fingerprint density at radius 2 is 1.89 bits per heavy atom. The maximum Gasteiger partial charge on any atom is 0.241 e. The molecule has 106 valence electrons. The number of carbonyl (C=O) groups is 1. The summed E-state index contributed by atoms with van der Waals surface area (Å²) in [6.07, 6.45) is 0. The number of benzene rings is 1. The third-order valence-electron chi connectivity index (χ3n) is 2.45. The molecular formula is C12H18N2O4S. The van der Waals surface area contributed by atoms with Crippen LogP contribution < -0.4 is 14.8 Å². The minimum Gasteiger partial charge on any atom is -0.497 e. The van der Waals surface area contributed by atoms with Gasteiger partial charge in [-0.1, -0.05) is 0 Å². The normalized spacial score (nSPS) is 12.8. The summed E-state index contributed by atoms with van der Waals surface area (Å²) in [4.78, 5) is 11.6. The Kier molecular flexibility index (Phi) is 5.31. The van der Waals surface area contributed by atoms with Crippen molar-refractivity contribution in [1.82, 2.24) is 10.0 Å². The molecule has 6 nitrogen and oxygen atoms in total. The highest BCUT2D eigenvalue weighted by Gasteiger charge is 2.21. The molecule has 0 radical (unpaired) electrons. The van der Waals surface area contributed by atoms with Crippen molar-refractivity contribution in [3.8, 4) is 5.75 Å². The van der Waals surface area contributed by atoms with Crippen LogP contribution in [-0.4, -0.2) is 34.0 Å². The topological polar surface area (TPSA) is 84.5 Å². The van der Waals surface area contributed by atoms with Gasteiger partial charge in [0.25, 0.3) is 0 Å². The zero-order chi connectivity index (χ0) is 14.5. The molecule has 1 rings (SSSR count). The molecule has 0 aliphatic rings. The Balaban J connectivity index is 2.82. The summed E-state index contributed by atoms with van der Waals surface area (Å²) in [5, 5.41) is 2.55. The van der Waals surface area contributed by atoms with Gasteiger partial charge in [-0.3, -0.25) is 4.79 Å². The first-order chi connectivity index (χ1) is 8.90. The van der Waals surface area contributed by atoms with E-state index in [9.17, 15) is 13.2 Å². The van der Waals surface area contributed by atoms with Gasteiger partial charge in [0.15, 0.2) is 0 Å². The zero-order valence-electron chi connectivity index (χ0n) is 11.1. The Morgan fingerprint density at radius 1 is 1.32 bits per heavy atom. The van der Waals surface area contributed by atoms with E-state index in [1.54, 1.807) is 19.1 Å². The summed E-state index contributed by atoms with van der Waals surface area (Å²) < 4.78 is 31.3. The standard InChI is InChI=1S/C12H18N2O4S/c1-4-13-12(15)9(2)14-19(16,17)11-7-5-10(18-3)6-8-11/h5-9,14H,4H2,1-3H3,(H,13,15)/t9-/m0/s1. The number of hydrogen-bond acceptors (Lipinski definition) is 4. The van der Waals surface area contributed by atoms with E-state index in [1.165, 1.54) is 26.2 Å². The van der Waals surface area contributed by atoms with Gasteiger partial charge in [0.2, 0.25) is 15.9 Å². The molecule has 7 heteroatoms. The quantitative estimate of drug-likeness (QED) is 0.797. The molecule has 0 spiro atoms. The summed E-state index contributed by atoms with van der Waals surface area (Å²) in [5.74, 6) is 0.204. The lowest BCUT2D eigenvalue weighted by molar-refractivity contribution is -0.122. The molecule has 2 N–H and O–H groups in total. The first kappa shape index (κ1) is 15.5. The van der Waals surface area contributed by atoms with Crippen molar-refractivity contribution < 1.29 is 17.9 Å². The van der Waals surface area contributed by atoms with E-state index in [4.69, 9.17) is 4.74 Å². The fourth-order valence-electron chi connectivity index (χ4n) is 1.44. The molecule has 1 aromatic carbocycles. The van der Waals surface area contributed by atoms with Crippen molar-refractivity contribution in [3.63, 3.8) is 0 Å². The van der Waals surface area contributed by atoms with Crippen LogP contribution in [0.15, 0.2) is 29.2 Å². The minimum atomic E-state index is -3.71. The minimum absolute atomic E-state index is 0.0875. The van der Waals surface area contributed by atoms with Crippen molar-refractivity contribution in [2.45, 2.75) is 24.8 Å². The van der Waals surface area contributed by atoms with Crippen LogP contribution in [0.5, 0.6) is 5.75 Å². The number of rotatable bonds is 6. The summed E-state index contributed by atoms with van der Waals surface area (Å²) in [6, 6.07) is 5.11. The predicted molar refractivity (Wildman–Crippen MR) is 71.5 cm³/mol. The van der Waals surface area contributed by atoms with E-state index in [2.05, 4.69) is 10.0 Å². The number of carbonyl (C=O) groups excluding carboxylic acids is 1. The van der Waals surface area contributed by atoms with Crippen molar-refractivity contribution in [1.29, 1.82) is 0 Å². The van der Waals surface area contributed by atoms with E-state index in [0.29, 0.717) is 12.3 Å². The van der Waals surface area contributed by atoms with Crippen molar-refractivity contribution in [2.24, 2.45) is 0 Å². The molecule has 0 unspecified atom stereocenters. The summed E-state index contributed by atoms with van der Waals surface area (Å²) in [6.45, 7) is 3.71. The third kappa shape index (κ3) is 4.22. The second kappa shape index (κ2) is 6.53. The van der Waals surface area contributed by atoms with Gasteiger partial charge in [-0.2, -0.15) is 4.72 Å². The lowest BCUT2D eigenvalue weighted by atomic mass is 10.3. The second-order valence-corrected chi connectivity index (χ2v) is 5.63. The van der Waals surface area contributed by atoms with Crippen LogP contribution in [0.3, 0.4) is 0 Å². The SMILES string of the molecule is CCNC(=O)[C@H](C)NS(=O)(=O)c1ccc(OC)cc1. The highest BCUT2D eigenvalue weighted by Crippen LogP contribution is 2.15. The number of amides is 1. The van der Waals surface area contributed by atoms with Crippen molar-refractivity contribution in [2.75, 3.05) is 13.7 Å². The zero-order valence-corrected chi connectivity index (χ0v) is 12.0. The van der Waals surface area contributed by atoms with Gasteiger partial charge in [-0.25, -0.2) is 8.42 Å². The lowest BCUT2D eigenvalue weighted by Gasteiger charge is -2.13. The highest BCUT2D eigenvalue weighted by molar-refractivity contribution is 7.89. The molecule has 0 aliphatic heterocycles. The van der Waals surface area contributed by atoms with Crippen LogP contribution in [0.1, 0.15) is 13.8 Å². The summed E-state index contributed by atoms with van der Waals surface area (Å²) in [5.41, 5.74) is 0. The van der Waals surface area contributed by atoms with Gasteiger partial charge in [-0.15, -0.1) is 0 Å². The molecule has 1 aromatic rings. The number of nitrogens with one attached hydrogen (secondary N) is 2. The van der Waals surface area contributed by atoms with E-state index in [-0.39, 0.29) is 10.8 Å². The van der Waals surface area contributed by atoms with E-state index in [1.807, 2.05) is 0 Å². The largest absolute Gasteiger partial charge is 0.497 e. The predicted octanol–water partition coefficient (Wildman–Crippen LogP) is 0.498. The number of hydrogen-bond donors (Lipinski definition) is 2. The monoisotopic (exact) mass is 286 g/mol. The third-order valence-corrected chi connectivity index (χ3v) is 4.00. The molecule has 0 aliphatic carbocycles. The summed E-state index contributed by atoms with van der Waals surface area (Å²) >= 11 is 0. The lowest BCUT2D eigenvalue weighted by Crippen LogP contribution is -2.44. The number of likely N-dealkylation sites (N-methyl/N-ethyl adjacent to an activating group) is 1. The molecule has 1 atom stereocenters. The smallest absolute Gasteiger partial charge is 0.241 e. The Labute approximate surface area is 113 Å². The van der Waals surface area contributed by atoms with Gasteiger partial charge >= 0.3 is 0 Å². The molecule has 0 fully saturated rings. The Bertz CT molecular complexity index is 525. The van der Waals surface area contributed by atoms with Crippen molar-refractivity contribution >= 4 is 15.9 Å². The molecule has 0 saturated heterocycles. The van der Waals surface area contributed by atoms with Crippen LogP contribution in [0.4, 0.5) is 0 Å². The molecular weight excluding hydrogens is 268 g/mol. The average Bonchev–Trinajstić information content (AvgIpc) is 2.38. The average molecular weight is 286 g/mol. The molecule has 19 heavy (non-hydrogen) atoms. The maximum atomic E-state index is 12.0. The van der Waals surface area contributed by atoms with Crippen LogP contribution in [0, 0.1) is 0 Å². The molecule has 0 heterocycles. The Hall–Kier alpha value is -1.60. The molecule has 0 bridgehead atoms. The highest BCUT2D eigenvalue weighted by atomic mass is 32.2. The van der Waals surface area contributed by atoms with Crippen LogP contribution in [0.25, 0.3) is 0 Å². The fraction of sp³-hybridized carbons (Fsp3) is 0.417. The second-order valence-electron chi connectivity index (χ2n) is 3.91. The maximum absolute atomic E-state index is 12.0. The number of methoxy groups -OCH3 is 1. The van der Waals surface area contributed by atoms with E-state index in [0.717, 1.165) is 0 Å². The summed E-state index contributed by atoms with van der Waals surface area (Å²) in [7, 11) is -2.22. The first-order valence-corrected chi connectivity index (χ1v) is 7.33. The fourth-order valence-corrected chi connectivity index (χ4v) is 2.64. The molecule has 0 aromatic heterocycles. The van der Waals surface area contributed by atoms with Crippen LogP contribution in [0.2, 0.25) is 0 Å².